The maximum Gasteiger partial charge on any atom is 0.223 e. The van der Waals surface area contributed by atoms with E-state index in [4.69, 9.17) is 4.63 Å². The van der Waals surface area contributed by atoms with Gasteiger partial charge in [0, 0.05) is 18.4 Å². The van der Waals surface area contributed by atoms with Gasteiger partial charge in [0.15, 0.2) is 0 Å². The largest absolute Gasteiger partial charge is 0.350 e. The molecule has 30 heavy (non-hydrogen) atoms. The second kappa shape index (κ2) is 7.36. The van der Waals surface area contributed by atoms with Crippen LogP contribution in [0.15, 0.2) is 59.4 Å². The first kappa shape index (κ1) is 17.9. The molecule has 0 fully saturated rings. The normalized spacial score (nSPS) is 11.1. The van der Waals surface area contributed by atoms with E-state index in [1.54, 1.807) is 18.3 Å². The number of hydrogen-bond acceptors (Lipinski definition) is 8. The zero-order valence-electron chi connectivity index (χ0n) is 15.9. The van der Waals surface area contributed by atoms with E-state index in [0.717, 1.165) is 27.8 Å². The smallest absolute Gasteiger partial charge is 0.223 e. The van der Waals surface area contributed by atoms with Crippen LogP contribution in [0, 0.1) is 12.7 Å². The quantitative estimate of drug-likeness (QED) is 0.448. The molecule has 0 unspecified atom stereocenters. The van der Waals surface area contributed by atoms with Crippen LogP contribution in [0.3, 0.4) is 0 Å². The average Bonchev–Trinajstić information content (AvgIpc) is 3.21. The Bertz CT molecular complexity index is 1350. The van der Waals surface area contributed by atoms with E-state index >= 15 is 0 Å². The van der Waals surface area contributed by atoms with Gasteiger partial charge in [-0.25, -0.2) is 24.0 Å². The molecule has 8 nitrogen and oxygen atoms in total. The number of hydrogen-bond donors (Lipinski definition) is 2. The van der Waals surface area contributed by atoms with Gasteiger partial charge in [-0.05, 0) is 59.2 Å². The number of aryl methyl sites for hydroxylation is 1. The highest BCUT2D eigenvalue weighted by Gasteiger charge is 2.11. The van der Waals surface area contributed by atoms with Crippen molar-refractivity contribution < 1.29 is 9.02 Å². The minimum Gasteiger partial charge on any atom is -0.350 e. The molecule has 0 radical (unpaired) electrons. The maximum absolute atomic E-state index is 13.1. The Balaban J connectivity index is 1.43. The van der Waals surface area contributed by atoms with Crippen molar-refractivity contribution in [3.8, 4) is 0 Å². The summed E-state index contributed by atoms with van der Waals surface area (Å²) in [5, 5.41) is 15.0. The molecule has 0 aliphatic heterocycles. The lowest BCUT2D eigenvalue weighted by atomic mass is 10.2. The van der Waals surface area contributed by atoms with Crippen molar-refractivity contribution in [1.82, 2.24) is 25.3 Å². The summed E-state index contributed by atoms with van der Waals surface area (Å²) in [5.41, 5.74) is 4.61. The van der Waals surface area contributed by atoms with Crippen LogP contribution in [0.25, 0.3) is 21.9 Å². The van der Waals surface area contributed by atoms with Gasteiger partial charge >= 0.3 is 0 Å². The standard InChI is InChI=1S/C21H16FN7O/c1-12-19-17(27-21(25-12)24-11-13-2-4-14(22)5-3-13)8-9-23-20(19)26-15-6-7-16-18(10-15)29-30-28-16/h2-10H,11H2,1H3,(H,23,26)(H,24,25,27). The van der Waals surface area contributed by atoms with E-state index in [-0.39, 0.29) is 5.82 Å². The van der Waals surface area contributed by atoms with Crippen LogP contribution in [0.2, 0.25) is 0 Å². The molecule has 0 amide bonds. The zero-order chi connectivity index (χ0) is 20.5. The summed E-state index contributed by atoms with van der Waals surface area (Å²) >= 11 is 0. The third-order valence-corrected chi connectivity index (χ3v) is 4.67. The van der Waals surface area contributed by atoms with Gasteiger partial charge < -0.3 is 10.6 Å². The summed E-state index contributed by atoms with van der Waals surface area (Å²) in [4.78, 5) is 13.6. The van der Waals surface area contributed by atoms with Gasteiger partial charge in [-0.1, -0.05) is 12.1 Å². The van der Waals surface area contributed by atoms with Crippen molar-refractivity contribution in [2.75, 3.05) is 10.6 Å². The summed E-state index contributed by atoms with van der Waals surface area (Å²) in [6, 6.07) is 13.7. The summed E-state index contributed by atoms with van der Waals surface area (Å²) < 4.78 is 17.8. The minimum absolute atomic E-state index is 0.261. The SMILES string of the molecule is Cc1nc(NCc2ccc(F)cc2)nc2ccnc(Nc3ccc4nonc4c3)c12. The second-order valence-corrected chi connectivity index (χ2v) is 6.76. The van der Waals surface area contributed by atoms with Crippen LogP contribution in [-0.2, 0) is 6.54 Å². The Hall–Kier alpha value is -4.14. The fraction of sp³-hybridized carbons (Fsp3) is 0.0952. The molecular formula is C21H16FN7O. The van der Waals surface area contributed by atoms with Crippen molar-refractivity contribution in [3.05, 3.63) is 71.8 Å². The average molecular weight is 401 g/mol. The van der Waals surface area contributed by atoms with E-state index in [1.165, 1.54) is 12.1 Å². The fourth-order valence-corrected chi connectivity index (χ4v) is 3.21. The molecule has 0 aliphatic carbocycles. The van der Waals surface area contributed by atoms with Gasteiger partial charge in [-0.2, -0.15) is 0 Å². The third kappa shape index (κ3) is 3.48. The van der Waals surface area contributed by atoms with Crippen LogP contribution in [0.4, 0.5) is 21.8 Å². The van der Waals surface area contributed by atoms with E-state index < -0.39 is 0 Å². The lowest BCUT2D eigenvalue weighted by molar-refractivity contribution is 0.315. The van der Waals surface area contributed by atoms with E-state index in [0.29, 0.717) is 29.3 Å². The Morgan fingerprint density at radius 1 is 0.933 bits per heavy atom. The number of rotatable bonds is 5. The lowest BCUT2D eigenvalue weighted by Crippen LogP contribution is -2.06. The van der Waals surface area contributed by atoms with Crippen molar-refractivity contribution in [2.24, 2.45) is 0 Å². The Kier molecular flexibility index (Phi) is 4.40. The van der Waals surface area contributed by atoms with Crippen LogP contribution in [0.5, 0.6) is 0 Å². The number of halogens is 1. The first-order valence-electron chi connectivity index (χ1n) is 9.27. The van der Waals surface area contributed by atoms with E-state index in [1.807, 2.05) is 31.2 Å². The molecule has 0 atom stereocenters. The van der Waals surface area contributed by atoms with Gasteiger partial charge in [-0.15, -0.1) is 0 Å². The molecule has 148 valence electrons. The van der Waals surface area contributed by atoms with Crippen LogP contribution >= 0.6 is 0 Å². The molecule has 2 aromatic carbocycles. The van der Waals surface area contributed by atoms with Crippen molar-refractivity contribution in [2.45, 2.75) is 13.5 Å². The number of nitrogens with zero attached hydrogens (tertiary/aromatic N) is 5. The number of nitrogens with one attached hydrogen (secondary N) is 2. The number of anilines is 3. The van der Waals surface area contributed by atoms with Crippen molar-refractivity contribution in [3.63, 3.8) is 0 Å². The highest BCUT2D eigenvalue weighted by atomic mass is 19.1. The predicted molar refractivity (Wildman–Crippen MR) is 111 cm³/mol. The molecular weight excluding hydrogens is 385 g/mol. The van der Waals surface area contributed by atoms with E-state index in [2.05, 4.69) is 35.9 Å². The van der Waals surface area contributed by atoms with Crippen LogP contribution < -0.4 is 10.6 Å². The number of aromatic nitrogens is 5. The number of pyridine rings is 1. The minimum atomic E-state index is -0.261. The van der Waals surface area contributed by atoms with Gasteiger partial charge in [0.05, 0.1) is 16.6 Å². The van der Waals surface area contributed by atoms with Crippen molar-refractivity contribution >= 4 is 39.4 Å². The van der Waals surface area contributed by atoms with E-state index in [9.17, 15) is 4.39 Å². The highest BCUT2D eigenvalue weighted by Crippen LogP contribution is 2.27. The monoisotopic (exact) mass is 401 g/mol. The summed E-state index contributed by atoms with van der Waals surface area (Å²) in [7, 11) is 0. The van der Waals surface area contributed by atoms with Crippen LogP contribution in [-0.4, -0.2) is 25.3 Å². The number of fused-ring (bicyclic) bond motifs is 2. The maximum atomic E-state index is 13.1. The Morgan fingerprint density at radius 3 is 2.63 bits per heavy atom. The second-order valence-electron chi connectivity index (χ2n) is 6.76. The number of benzene rings is 2. The molecule has 0 spiro atoms. The molecule has 5 aromatic rings. The van der Waals surface area contributed by atoms with Gasteiger partial charge in [0.25, 0.3) is 0 Å². The van der Waals surface area contributed by atoms with Gasteiger partial charge in [0.2, 0.25) is 5.95 Å². The first-order valence-corrected chi connectivity index (χ1v) is 9.27. The molecule has 0 saturated carbocycles. The lowest BCUT2D eigenvalue weighted by Gasteiger charge is -2.12. The Labute approximate surface area is 170 Å². The molecule has 0 saturated heterocycles. The first-order chi connectivity index (χ1) is 14.7. The molecule has 0 bridgehead atoms. The fourth-order valence-electron chi connectivity index (χ4n) is 3.21. The van der Waals surface area contributed by atoms with Crippen LogP contribution in [0.1, 0.15) is 11.3 Å². The highest BCUT2D eigenvalue weighted by molar-refractivity contribution is 5.93. The van der Waals surface area contributed by atoms with Crippen molar-refractivity contribution in [1.29, 1.82) is 0 Å². The predicted octanol–water partition coefficient (Wildman–Crippen LogP) is 4.36. The molecule has 3 aromatic heterocycles. The van der Waals surface area contributed by atoms with Gasteiger partial charge in [-0.3, -0.25) is 0 Å². The topological polar surface area (TPSA) is 102 Å². The summed E-state index contributed by atoms with van der Waals surface area (Å²) in [6.07, 6.45) is 1.69. The van der Waals surface area contributed by atoms with Gasteiger partial charge in [0.1, 0.15) is 22.7 Å². The molecule has 9 heteroatoms. The molecule has 5 rings (SSSR count). The summed E-state index contributed by atoms with van der Waals surface area (Å²) in [5.74, 6) is 0.880. The Morgan fingerprint density at radius 2 is 1.77 bits per heavy atom. The zero-order valence-corrected chi connectivity index (χ0v) is 15.9. The molecule has 2 N–H and O–H groups in total. The third-order valence-electron chi connectivity index (χ3n) is 4.67. The molecule has 3 heterocycles. The summed E-state index contributed by atoms with van der Waals surface area (Å²) in [6.45, 7) is 2.40. The molecule has 0 aliphatic rings.